The number of fused-ring (bicyclic) bond motifs is 1. The SMILES string of the molecule is COc1ccccc1/C=N/NC(=O)CSc1nc2ccccc2n1C. The first kappa shape index (κ1) is 17.0. The number of benzene rings is 2. The molecule has 128 valence electrons. The minimum absolute atomic E-state index is 0.191. The third-order valence-corrected chi connectivity index (χ3v) is 4.64. The number of nitrogens with zero attached hydrogens (tertiary/aromatic N) is 3. The fourth-order valence-corrected chi connectivity index (χ4v) is 3.14. The van der Waals surface area contributed by atoms with E-state index in [1.54, 1.807) is 13.3 Å². The van der Waals surface area contributed by atoms with Crippen molar-refractivity contribution >= 4 is 34.9 Å². The number of rotatable bonds is 6. The van der Waals surface area contributed by atoms with Gasteiger partial charge in [-0.1, -0.05) is 36.0 Å². The van der Waals surface area contributed by atoms with Gasteiger partial charge < -0.3 is 9.30 Å². The second kappa shape index (κ2) is 7.85. The molecule has 1 N–H and O–H groups in total. The second-order valence-electron chi connectivity index (χ2n) is 5.27. The summed E-state index contributed by atoms with van der Waals surface area (Å²) in [5.74, 6) is 0.748. The van der Waals surface area contributed by atoms with Crippen molar-refractivity contribution in [2.75, 3.05) is 12.9 Å². The lowest BCUT2D eigenvalue weighted by molar-refractivity contribution is -0.118. The quantitative estimate of drug-likeness (QED) is 0.420. The van der Waals surface area contributed by atoms with E-state index >= 15 is 0 Å². The number of hydrogen-bond donors (Lipinski definition) is 1. The standard InChI is InChI=1S/C18H18N4O2S/c1-22-15-9-5-4-8-14(15)20-18(22)25-12-17(23)21-19-11-13-7-3-6-10-16(13)24-2/h3-11H,12H2,1-2H3,(H,21,23)/b19-11+. The Hall–Kier alpha value is -2.80. The molecular weight excluding hydrogens is 336 g/mol. The number of ether oxygens (including phenoxy) is 1. The summed E-state index contributed by atoms with van der Waals surface area (Å²) in [7, 11) is 3.54. The van der Waals surface area contributed by atoms with Gasteiger partial charge in [0, 0.05) is 12.6 Å². The van der Waals surface area contributed by atoms with E-state index in [4.69, 9.17) is 4.74 Å². The summed E-state index contributed by atoms with van der Waals surface area (Å²) in [6, 6.07) is 15.3. The number of methoxy groups -OCH3 is 1. The number of aryl methyl sites for hydroxylation is 1. The molecular formula is C18H18N4O2S. The fraction of sp³-hybridized carbons (Fsp3) is 0.167. The average molecular weight is 354 g/mol. The Kier molecular flexibility index (Phi) is 5.35. The van der Waals surface area contributed by atoms with Crippen molar-refractivity contribution < 1.29 is 9.53 Å². The van der Waals surface area contributed by atoms with Gasteiger partial charge in [-0.2, -0.15) is 5.10 Å². The number of para-hydroxylation sites is 3. The third kappa shape index (κ3) is 4.00. The monoisotopic (exact) mass is 354 g/mol. The Morgan fingerprint density at radius 3 is 2.84 bits per heavy atom. The lowest BCUT2D eigenvalue weighted by Gasteiger charge is -2.03. The number of carbonyl (C=O) groups is 1. The van der Waals surface area contributed by atoms with E-state index in [2.05, 4.69) is 15.5 Å². The third-order valence-electron chi connectivity index (χ3n) is 3.61. The Bertz CT molecular complexity index is 920. The van der Waals surface area contributed by atoms with Crippen molar-refractivity contribution in [1.82, 2.24) is 15.0 Å². The van der Waals surface area contributed by atoms with E-state index in [0.717, 1.165) is 21.8 Å². The zero-order valence-electron chi connectivity index (χ0n) is 14.0. The van der Waals surface area contributed by atoms with Crippen LogP contribution in [-0.2, 0) is 11.8 Å². The van der Waals surface area contributed by atoms with Gasteiger partial charge in [-0.25, -0.2) is 10.4 Å². The molecule has 0 bridgehead atoms. The smallest absolute Gasteiger partial charge is 0.250 e. The molecule has 1 amide bonds. The molecule has 0 fully saturated rings. The minimum atomic E-state index is -0.191. The van der Waals surface area contributed by atoms with Crippen LogP contribution in [0.4, 0.5) is 0 Å². The molecule has 0 aliphatic heterocycles. The maximum atomic E-state index is 12.0. The van der Waals surface area contributed by atoms with Gasteiger partial charge in [0.05, 0.1) is 30.1 Å². The van der Waals surface area contributed by atoms with E-state index < -0.39 is 0 Å². The van der Waals surface area contributed by atoms with Crippen molar-refractivity contribution in [2.24, 2.45) is 12.1 Å². The van der Waals surface area contributed by atoms with Crippen LogP contribution in [0.15, 0.2) is 58.8 Å². The Morgan fingerprint density at radius 2 is 2.04 bits per heavy atom. The Balaban J connectivity index is 1.57. The first-order valence-electron chi connectivity index (χ1n) is 7.68. The molecule has 1 aromatic heterocycles. The summed E-state index contributed by atoms with van der Waals surface area (Å²) >= 11 is 1.38. The summed E-state index contributed by atoms with van der Waals surface area (Å²) in [4.78, 5) is 16.5. The van der Waals surface area contributed by atoms with Crippen LogP contribution >= 0.6 is 11.8 Å². The molecule has 0 radical (unpaired) electrons. The van der Waals surface area contributed by atoms with Crippen molar-refractivity contribution in [2.45, 2.75) is 5.16 Å². The van der Waals surface area contributed by atoms with Gasteiger partial charge in [-0.05, 0) is 24.3 Å². The van der Waals surface area contributed by atoms with Gasteiger partial charge in [0.25, 0.3) is 5.91 Å². The lowest BCUT2D eigenvalue weighted by Crippen LogP contribution is -2.19. The van der Waals surface area contributed by atoms with Crippen LogP contribution in [0.3, 0.4) is 0 Å². The van der Waals surface area contributed by atoms with Crippen LogP contribution in [0.1, 0.15) is 5.56 Å². The molecule has 0 aliphatic carbocycles. The second-order valence-corrected chi connectivity index (χ2v) is 6.21. The summed E-state index contributed by atoms with van der Waals surface area (Å²) < 4.78 is 7.21. The van der Waals surface area contributed by atoms with E-state index in [0.29, 0.717) is 5.75 Å². The summed E-state index contributed by atoms with van der Waals surface area (Å²) in [5, 5.41) is 4.78. The summed E-state index contributed by atoms with van der Waals surface area (Å²) in [5.41, 5.74) is 5.28. The van der Waals surface area contributed by atoms with E-state index in [-0.39, 0.29) is 11.7 Å². The fourth-order valence-electron chi connectivity index (χ4n) is 2.36. The lowest BCUT2D eigenvalue weighted by atomic mass is 10.2. The summed E-state index contributed by atoms with van der Waals surface area (Å²) in [6.45, 7) is 0. The molecule has 25 heavy (non-hydrogen) atoms. The highest BCUT2D eigenvalue weighted by molar-refractivity contribution is 7.99. The maximum Gasteiger partial charge on any atom is 0.250 e. The van der Waals surface area contributed by atoms with Crippen molar-refractivity contribution in [1.29, 1.82) is 0 Å². The van der Waals surface area contributed by atoms with Crippen molar-refractivity contribution in [3.63, 3.8) is 0 Å². The van der Waals surface area contributed by atoms with Crippen LogP contribution in [-0.4, -0.2) is 34.5 Å². The van der Waals surface area contributed by atoms with Gasteiger partial charge in [0.1, 0.15) is 5.75 Å². The predicted octanol–water partition coefficient (Wildman–Crippen LogP) is 2.82. The van der Waals surface area contributed by atoms with Gasteiger partial charge in [0.2, 0.25) is 0 Å². The topological polar surface area (TPSA) is 68.5 Å². The number of amides is 1. The number of nitrogens with one attached hydrogen (secondary N) is 1. The molecule has 0 atom stereocenters. The van der Waals surface area contributed by atoms with Gasteiger partial charge in [0.15, 0.2) is 5.16 Å². The highest BCUT2D eigenvalue weighted by atomic mass is 32.2. The molecule has 7 heteroatoms. The van der Waals surface area contributed by atoms with E-state index in [9.17, 15) is 4.79 Å². The molecule has 2 aromatic carbocycles. The number of hydrazone groups is 1. The minimum Gasteiger partial charge on any atom is -0.496 e. The molecule has 0 aliphatic rings. The van der Waals surface area contributed by atoms with Crippen molar-refractivity contribution in [3.8, 4) is 5.75 Å². The number of aromatic nitrogens is 2. The van der Waals surface area contributed by atoms with Crippen LogP contribution in [0.25, 0.3) is 11.0 Å². The highest BCUT2D eigenvalue weighted by Crippen LogP contribution is 2.22. The van der Waals surface area contributed by atoms with Gasteiger partial charge in [-0.15, -0.1) is 0 Å². The zero-order valence-corrected chi connectivity index (χ0v) is 14.8. The highest BCUT2D eigenvalue weighted by Gasteiger charge is 2.09. The first-order valence-corrected chi connectivity index (χ1v) is 8.67. The number of thioether (sulfide) groups is 1. The van der Waals surface area contributed by atoms with Crippen LogP contribution in [0.5, 0.6) is 5.75 Å². The average Bonchev–Trinajstić information content (AvgIpc) is 2.97. The first-order chi connectivity index (χ1) is 12.2. The molecule has 3 rings (SSSR count). The number of carbonyl (C=O) groups excluding carboxylic acids is 1. The normalized spacial score (nSPS) is 11.1. The Labute approximate surface area is 149 Å². The van der Waals surface area contributed by atoms with E-state index in [1.807, 2.05) is 60.1 Å². The van der Waals surface area contributed by atoms with Crippen LogP contribution in [0.2, 0.25) is 0 Å². The zero-order chi connectivity index (χ0) is 17.6. The maximum absolute atomic E-state index is 12.0. The largest absolute Gasteiger partial charge is 0.496 e. The predicted molar refractivity (Wildman–Crippen MR) is 100 cm³/mol. The number of hydrogen-bond acceptors (Lipinski definition) is 5. The van der Waals surface area contributed by atoms with E-state index in [1.165, 1.54) is 11.8 Å². The molecule has 0 saturated carbocycles. The number of imidazole rings is 1. The molecule has 0 spiro atoms. The van der Waals surface area contributed by atoms with Crippen molar-refractivity contribution in [3.05, 3.63) is 54.1 Å². The summed E-state index contributed by atoms with van der Waals surface area (Å²) in [6.07, 6.45) is 1.57. The van der Waals surface area contributed by atoms with Gasteiger partial charge >= 0.3 is 0 Å². The molecule has 0 unspecified atom stereocenters. The molecule has 1 heterocycles. The molecule has 3 aromatic rings. The van der Waals surface area contributed by atoms with Gasteiger partial charge in [-0.3, -0.25) is 4.79 Å². The molecule has 0 saturated heterocycles. The van der Waals surface area contributed by atoms with Crippen LogP contribution < -0.4 is 10.2 Å². The Morgan fingerprint density at radius 1 is 1.28 bits per heavy atom. The van der Waals surface area contributed by atoms with Crippen LogP contribution in [0, 0.1) is 0 Å². The molecule has 6 nitrogen and oxygen atoms in total.